The standard InChI is InChI=1S/C13H25N3O4/c1-8(10(19)15-12(2,3)4)14-11(20)16-13(5,6)7-9(17)18/h8H,7H2,1-6H3,(H,15,19)(H,17,18)(H2,14,16,20). The van der Waals surface area contributed by atoms with Crippen LogP contribution in [0, 0.1) is 0 Å². The molecule has 0 aliphatic rings. The quantitative estimate of drug-likeness (QED) is 0.601. The molecule has 4 N–H and O–H groups in total. The van der Waals surface area contributed by atoms with Crippen LogP contribution in [0.4, 0.5) is 4.79 Å². The van der Waals surface area contributed by atoms with Gasteiger partial charge in [0.15, 0.2) is 0 Å². The number of carboxylic acid groups (broad SMARTS) is 1. The zero-order valence-electron chi connectivity index (χ0n) is 13.0. The van der Waals surface area contributed by atoms with E-state index in [1.165, 1.54) is 0 Å². The van der Waals surface area contributed by atoms with Crippen LogP contribution in [0.1, 0.15) is 48.0 Å². The molecule has 0 saturated carbocycles. The van der Waals surface area contributed by atoms with Crippen molar-refractivity contribution in [3.05, 3.63) is 0 Å². The lowest BCUT2D eigenvalue weighted by Crippen LogP contribution is -2.56. The van der Waals surface area contributed by atoms with E-state index in [-0.39, 0.29) is 17.9 Å². The Morgan fingerprint density at radius 3 is 1.95 bits per heavy atom. The Labute approximate surface area is 119 Å². The summed E-state index contributed by atoms with van der Waals surface area (Å²) < 4.78 is 0. The topological polar surface area (TPSA) is 108 Å². The number of aliphatic carboxylic acids is 1. The van der Waals surface area contributed by atoms with Gasteiger partial charge in [-0.2, -0.15) is 0 Å². The van der Waals surface area contributed by atoms with E-state index in [0.717, 1.165) is 0 Å². The van der Waals surface area contributed by atoms with Gasteiger partial charge in [-0.1, -0.05) is 0 Å². The molecule has 3 amide bonds. The molecule has 0 aliphatic heterocycles. The summed E-state index contributed by atoms with van der Waals surface area (Å²) in [5.74, 6) is -1.31. The van der Waals surface area contributed by atoms with Crippen LogP contribution in [-0.2, 0) is 9.59 Å². The summed E-state index contributed by atoms with van der Waals surface area (Å²) in [5, 5.41) is 16.5. The number of rotatable bonds is 5. The number of carbonyl (C=O) groups excluding carboxylic acids is 2. The lowest BCUT2D eigenvalue weighted by molar-refractivity contribution is -0.138. The highest BCUT2D eigenvalue weighted by Gasteiger charge is 2.26. The van der Waals surface area contributed by atoms with Crippen molar-refractivity contribution in [1.29, 1.82) is 0 Å². The fraction of sp³-hybridized carbons (Fsp3) is 0.769. The first-order valence-electron chi connectivity index (χ1n) is 6.45. The van der Waals surface area contributed by atoms with Crippen LogP contribution in [-0.4, -0.2) is 40.1 Å². The molecule has 20 heavy (non-hydrogen) atoms. The van der Waals surface area contributed by atoms with Gasteiger partial charge in [0.25, 0.3) is 0 Å². The molecule has 0 radical (unpaired) electrons. The minimum absolute atomic E-state index is 0.205. The van der Waals surface area contributed by atoms with Gasteiger partial charge in [-0.15, -0.1) is 0 Å². The van der Waals surface area contributed by atoms with Gasteiger partial charge in [-0.25, -0.2) is 4.79 Å². The minimum Gasteiger partial charge on any atom is -0.481 e. The molecule has 7 heteroatoms. The van der Waals surface area contributed by atoms with Gasteiger partial charge < -0.3 is 21.1 Å². The first kappa shape index (κ1) is 18.2. The summed E-state index contributed by atoms with van der Waals surface area (Å²) in [5.41, 5.74) is -1.28. The number of amides is 3. The van der Waals surface area contributed by atoms with Crippen LogP contribution < -0.4 is 16.0 Å². The normalized spacial score (nSPS) is 13.3. The third kappa shape index (κ3) is 8.34. The summed E-state index contributed by atoms with van der Waals surface area (Å²) in [7, 11) is 0. The molecule has 0 aromatic carbocycles. The van der Waals surface area contributed by atoms with Gasteiger partial charge in [0.1, 0.15) is 6.04 Å². The van der Waals surface area contributed by atoms with Crippen LogP contribution >= 0.6 is 0 Å². The second-order valence-electron chi connectivity index (χ2n) is 6.51. The molecule has 1 atom stereocenters. The molecule has 0 aromatic heterocycles. The van der Waals surface area contributed by atoms with E-state index in [4.69, 9.17) is 5.11 Å². The smallest absolute Gasteiger partial charge is 0.315 e. The molecule has 0 bridgehead atoms. The van der Waals surface area contributed by atoms with E-state index in [0.29, 0.717) is 0 Å². The van der Waals surface area contributed by atoms with Crippen LogP contribution in [0.25, 0.3) is 0 Å². The maximum atomic E-state index is 11.8. The summed E-state index contributed by atoms with van der Waals surface area (Å²) in [6.07, 6.45) is -0.205. The van der Waals surface area contributed by atoms with Gasteiger partial charge in [0, 0.05) is 11.1 Å². The van der Waals surface area contributed by atoms with E-state index in [2.05, 4.69) is 16.0 Å². The maximum Gasteiger partial charge on any atom is 0.315 e. The summed E-state index contributed by atoms with van der Waals surface area (Å²) in [4.78, 5) is 34.2. The summed E-state index contributed by atoms with van der Waals surface area (Å²) >= 11 is 0. The van der Waals surface area contributed by atoms with Crippen LogP contribution in [0.3, 0.4) is 0 Å². The molecule has 0 saturated heterocycles. The fourth-order valence-corrected chi connectivity index (χ4v) is 1.51. The Kier molecular flexibility index (Phi) is 5.99. The van der Waals surface area contributed by atoms with E-state index < -0.39 is 23.6 Å². The Morgan fingerprint density at radius 1 is 1.05 bits per heavy atom. The Morgan fingerprint density at radius 2 is 1.55 bits per heavy atom. The monoisotopic (exact) mass is 287 g/mol. The van der Waals surface area contributed by atoms with E-state index in [1.54, 1.807) is 20.8 Å². The minimum atomic E-state index is -1.01. The number of hydrogen-bond donors (Lipinski definition) is 4. The SMILES string of the molecule is CC(NC(=O)NC(C)(C)CC(=O)O)C(=O)NC(C)(C)C. The molecule has 0 spiro atoms. The molecule has 116 valence electrons. The van der Waals surface area contributed by atoms with E-state index >= 15 is 0 Å². The molecular weight excluding hydrogens is 262 g/mol. The van der Waals surface area contributed by atoms with Gasteiger partial charge in [-0.3, -0.25) is 9.59 Å². The molecule has 7 nitrogen and oxygen atoms in total. The van der Waals surface area contributed by atoms with E-state index in [1.807, 2.05) is 20.8 Å². The average Bonchev–Trinajstić information content (AvgIpc) is 2.10. The van der Waals surface area contributed by atoms with Crippen molar-refractivity contribution in [2.24, 2.45) is 0 Å². The predicted molar refractivity (Wildman–Crippen MR) is 75.4 cm³/mol. The number of carbonyl (C=O) groups is 3. The van der Waals surface area contributed by atoms with Gasteiger partial charge in [0.05, 0.1) is 6.42 Å². The zero-order valence-corrected chi connectivity index (χ0v) is 13.0. The lowest BCUT2D eigenvalue weighted by atomic mass is 10.0. The largest absolute Gasteiger partial charge is 0.481 e. The highest BCUT2D eigenvalue weighted by Crippen LogP contribution is 2.07. The van der Waals surface area contributed by atoms with Crippen molar-refractivity contribution in [1.82, 2.24) is 16.0 Å². The summed E-state index contributed by atoms with van der Waals surface area (Å²) in [6, 6.07) is -1.29. The lowest BCUT2D eigenvalue weighted by Gasteiger charge is -2.27. The molecule has 0 fully saturated rings. The molecular formula is C13H25N3O4. The summed E-state index contributed by atoms with van der Waals surface area (Å²) in [6.45, 7) is 10.3. The van der Waals surface area contributed by atoms with Crippen molar-refractivity contribution >= 4 is 17.9 Å². The molecule has 1 unspecified atom stereocenters. The van der Waals surface area contributed by atoms with Crippen molar-refractivity contribution in [3.63, 3.8) is 0 Å². The second kappa shape index (κ2) is 6.58. The van der Waals surface area contributed by atoms with E-state index in [9.17, 15) is 14.4 Å². The first-order chi connectivity index (χ1) is 8.82. The number of carboxylic acids is 1. The average molecular weight is 287 g/mol. The number of hydrogen-bond acceptors (Lipinski definition) is 3. The highest BCUT2D eigenvalue weighted by molar-refractivity contribution is 5.87. The third-order valence-electron chi connectivity index (χ3n) is 2.28. The van der Waals surface area contributed by atoms with Crippen molar-refractivity contribution in [2.75, 3.05) is 0 Å². The third-order valence-corrected chi connectivity index (χ3v) is 2.28. The predicted octanol–water partition coefficient (Wildman–Crippen LogP) is 0.842. The molecule has 0 heterocycles. The maximum absolute atomic E-state index is 11.8. The van der Waals surface area contributed by atoms with Crippen molar-refractivity contribution in [2.45, 2.75) is 65.1 Å². The second-order valence-corrected chi connectivity index (χ2v) is 6.51. The van der Waals surface area contributed by atoms with Gasteiger partial charge in [-0.05, 0) is 41.5 Å². The molecule has 0 aliphatic carbocycles. The van der Waals surface area contributed by atoms with Gasteiger partial charge >= 0.3 is 12.0 Å². The zero-order chi connectivity index (χ0) is 16.1. The fourth-order valence-electron chi connectivity index (χ4n) is 1.51. The Balaban J connectivity index is 4.40. The van der Waals surface area contributed by atoms with Crippen LogP contribution in [0.15, 0.2) is 0 Å². The molecule has 0 rings (SSSR count). The van der Waals surface area contributed by atoms with Gasteiger partial charge in [0.2, 0.25) is 5.91 Å². The van der Waals surface area contributed by atoms with Crippen molar-refractivity contribution < 1.29 is 19.5 Å². The first-order valence-corrected chi connectivity index (χ1v) is 6.45. The highest BCUT2D eigenvalue weighted by atomic mass is 16.4. The Bertz CT molecular complexity index is 386. The van der Waals surface area contributed by atoms with Crippen LogP contribution in [0.2, 0.25) is 0 Å². The van der Waals surface area contributed by atoms with Crippen molar-refractivity contribution in [3.8, 4) is 0 Å². The van der Waals surface area contributed by atoms with Crippen LogP contribution in [0.5, 0.6) is 0 Å². The number of nitrogens with one attached hydrogen (secondary N) is 3. The molecule has 0 aromatic rings. The Hall–Kier alpha value is -1.79. The number of urea groups is 1.